The summed E-state index contributed by atoms with van der Waals surface area (Å²) in [4.78, 5) is 19.7. The molecule has 4 rings (SSSR count). The van der Waals surface area contributed by atoms with E-state index in [0.29, 0.717) is 18.1 Å². The maximum Gasteiger partial charge on any atom is 0.164 e. The number of aromatic nitrogens is 1. The lowest BCUT2D eigenvalue weighted by Gasteiger charge is -2.19. The van der Waals surface area contributed by atoms with Crippen LogP contribution in [0, 0.1) is 12.8 Å². The van der Waals surface area contributed by atoms with E-state index >= 15 is 0 Å². The fourth-order valence-corrected chi connectivity index (χ4v) is 5.62. The molecule has 0 amide bonds. The number of carbonyl (C=O) groups excluding carboxylic acids is 1. The van der Waals surface area contributed by atoms with Gasteiger partial charge in [0.2, 0.25) is 0 Å². The molecule has 0 saturated heterocycles. The third kappa shape index (κ3) is 2.74. The summed E-state index contributed by atoms with van der Waals surface area (Å²) in [6.45, 7) is 4.31. The lowest BCUT2D eigenvalue weighted by Crippen LogP contribution is -2.18. The van der Waals surface area contributed by atoms with Gasteiger partial charge in [-0.3, -0.25) is 4.79 Å². The Labute approximate surface area is 150 Å². The van der Waals surface area contributed by atoms with Crippen molar-refractivity contribution in [2.24, 2.45) is 5.92 Å². The molecule has 0 saturated carbocycles. The topological polar surface area (TPSA) is 30.0 Å². The van der Waals surface area contributed by atoms with Gasteiger partial charge in [0.1, 0.15) is 5.01 Å². The van der Waals surface area contributed by atoms with Crippen LogP contribution in [0.5, 0.6) is 0 Å². The van der Waals surface area contributed by atoms with Crippen molar-refractivity contribution in [3.05, 3.63) is 63.0 Å². The fraction of sp³-hybridized carbons (Fsp3) is 0.300. The minimum Gasteiger partial charge on any atom is -0.294 e. The number of thiazole rings is 1. The summed E-state index contributed by atoms with van der Waals surface area (Å²) in [6, 6.07) is 8.45. The van der Waals surface area contributed by atoms with E-state index in [1.54, 1.807) is 22.7 Å². The Balaban J connectivity index is 1.84. The summed E-state index contributed by atoms with van der Waals surface area (Å²) in [5.74, 6) is 0.732. The van der Waals surface area contributed by atoms with Crippen molar-refractivity contribution in [1.82, 2.24) is 4.98 Å². The molecule has 1 aromatic carbocycles. The predicted molar refractivity (Wildman–Crippen MR) is 101 cm³/mol. The van der Waals surface area contributed by atoms with Gasteiger partial charge in [-0.15, -0.1) is 22.7 Å². The lowest BCUT2D eigenvalue weighted by molar-refractivity contribution is 0.0953. The summed E-state index contributed by atoms with van der Waals surface area (Å²) in [6.07, 6.45) is 4.34. The number of Topliss-reactive ketones (excluding diaryl/α,β-unsaturated/α-hetero) is 1. The third-order valence-corrected chi connectivity index (χ3v) is 6.84. The molecule has 1 atom stereocenters. The molecule has 3 aromatic rings. The van der Waals surface area contributed by atoms with Crippen molar-refractivity contribution in [3.8, 4) is 9.88 Å². The van der Waals surface area contributed by atoms with Crippen molar-refractivity contribution < 1.29 is 4.79 Å². The number of thiophene rings is 1. The molecule has 0 radical (unpaired) electrons. The van der Waals surface area contributed by atoms with Gasteiger partial charge in [-0.25, -0.2) is 4.98 Å². The van der Waals surface area contributed by atoms with Crippen molar-refractivity contribution in [2.45, 2.75) is 33.1 Å². The van der Waals surface area contributed by atoms with Crippen LogP contribution in [0.3, 0.4) is 0 Å². The van der Waals surface area contributed by atoms with Crippen molar-refractivity contribution in [1.29, 1.82) is 0 Å². The molecule has 1 unspecified atom stereocenters. The van der Waals surface area contributed by atoms with E-state index in [9.17, 15) is 4.79 Å². The summed E-state index contributed by atoms with van der Waals surface area (Å²) in [5.41, 5.74) is 4.82. The number of nitrogens with zero attached hydrogens (tertiary/aromatic N) is 1. The Morgan fingerprint density at radius 3 is 2.83 bits per heavy atom. The van der Waals surface area contributed by atoms with Crippen LogP contribution < -0.4 is 0 Å². The number of aryl methyl sites for hydroxylation is 1. The molecule has 0 N–H and O–H groups in total. The van der Waals surface area contributed by atoms with Gasteiger partial charge in [-0.1, -0.05) is 31.2 Å². The number of ketones is 1. The van der Waals surface area contributed by atoms with Gasteiger partial charge < -0.3 is 0 Å². The quantitative estimate of drug-likeness (QED) is 0.619. The highest BCUT2D eigenvalue weighted by atomic mass is 32.1. The van der Waals surface area contributed by atoms with Crippen LogP contribution in [0.1, 0.15) is 45.3 Å². The predicted octanol–water partition coefficient (Wildman–Crippen LogP) is 5.54. The zero-order chi connectivity index (χ0) is 16.7. The number of hydrogen-bond donors (Lipinski definition) is 0. The number of rotatable bonds is 3. The van der Waals surface area contributed by atoms with E-state index in [4.69, 9.17) is 0 Å². The Hall–Kier alpha value is -1.78. The summed E-state index contributed by atoms with van der Waals surface area (Å²) in [7, 11) is 0. The normalized spacial score (nSPS) is 17.1. The zero-order valence-electron chi connectivity index (χ0n) is 13.8. The SMILES string of the molecule is Cc1ccccc1Cc1sc(-c2nccs2)c2c1C(=O)CC(C)C2. The maximum absolute atomic E-state index is 12.8. The van der Waals surface area contributed by atoms with Gasteiger partial charge in [0.05, 0.1) is 4.88 Å². The van der Waals surface area contributed by atoms with Gasteiger partial charge in [0.15, 0.2) is 5.78 Å². The first kappa shape index (κ1) is 15.7. The maximum atomic E-state index is 12.8. The molecule has 2 aromatic heterocycles. The smallest absolute Gasteiger partial charge is 0.164 e. The molecule has 4 heteroatoms. The van der Waals surface area contributed by atoms with Crippen LogP contribution in [0.4, 0.5) is 0 Å². The third-order valence-electron chi connectivity index (χ3n) is 4.68. The highest BCUT2D eigenvalue weighted by Gasteiger charge is 2.31. The van der Waals surface area contributed by atoms with Crippen LogP contribution >= 0.6 is 22.7 Å². The van der Waals surface area contributed by atoms with Crippen molar-refractivity contribution in [2.75, 3.05) is 0 Å². The summed E-state index contributed by atoms with van der Waals surface area (Å²) >= 11 is 3.43. The van der Waals surface area contributed by atoms with Crippen LogP contribution in [-0.2, 0) is 12.8 Å². The average molecular weight is 354 g/mol. The molecule has 1 aliphatic carbocycles. The Morgan fingerprint density at radius 2 is 2.08 bits per heavy atom. The van der Waals surface area contributed by atoms with E-state index in [1.807, 2.05) is 11.6 Å². The van der Waals surface area contributed by atoms with Crippen LogP contribution in [0.25, 0.3) is 9.88 Å². The van der Waals surface area contributed by atoms with Gasteiger partial charge in [-0.2, -0.15) is 0 Å². The summed E-state index contributed by atoms with van der Waals surface area (Å²) in [5, 5.41) is 3.06. The van der Waals surface area contributed by atoms with E-state index in [0.717, 1.165) is 23.4 Å². The van der Waals surface area contributed by atoms with E-state index < -0.39 is 0 Å². The molecule has 2 nitrogen and oxygen atoms in total. The van der Waals surface area contributed by atoms with E-state index in [2.05, 4.69) is 43.1 Å². The molecule has 24 heavy (non-hydrogen) atoms. The largest absolute Gasteiger partial charge is 0.294 e. The van der Waals surface area contributed by atoms with E-state index in [-0.39, 0.29) is 0 Å². The van der Waals surface area contributed by atoms with Gasteiger partial charge in [0.25, 0.3) is 0 Å². The highest BCUT2D eigenvalue weighted by Crippen LogP contribution is 2.43. The second-order valence-corrected chi connectivity index (χ2v) is 8.58. The molecule has 0 bridgehead atoms. The van der Waals surface area contributed by atoms with Gasteiger partial charge in [0, 0.05) is 34.9 Å². The Bertz CT molecular complexity index is 893. The molecule has 2 heterocycles. The van der Waals surface area contributed by atoms with Gasteiger partial charge in [-0.05, 0) is 36.0 Å². The van der Waals surface area contributed by atoms with Gasteiger partial charge >= 0.3 is 0 Å². The second kappa shape index (κ2) is 6.26. The fourth-order valence-electron chi connectivity index (χ4n) is 3.49. The molecule has 122 valence electrons. The minimum absolute atomic E-state index is 0.311. The van der Waals surface area contributed by atoms with Crippen LogP contribution in [0.2, 0.25) is 0 Å². The monoisotopic (exact) mass is 353 g/mol. The molecule has 1 aliphatic rings. The molecule has 0 fully saturated rings. The van der Waals surface area contributed by atoms with Crippen molar-refractivity contribution >= 4 is 28.5 Å². The standard InChI is InChI=1S/C20H19NOS2/c1-12-9-15-18(16(22)10-12)17(11-14-6-4-3-5-13(14)2)24-19(15)20-21-7-8-23-20/h3-8,12H,9-11H2,1-2H3. The first-order valence-corrected chi connectivity index (χ1v) is 9.95. The Morgan fingerprint density at radius 1 is 1.25 bits per heavy atom. The highest BCUT2D eigenvalue weighted by molar-refractivity contribution is 7.21. The van der Waals surface area contributed by atoms with E-state index in [1.165, 1.54) is 26.4 Å². The van der Waals surface area contributed by atoms with Crippen LogP contribution in [0.15, 0.2) is 35.8 Å². The summed E-state index contributed by atoms with van der Waals surface area (Å²) < 4.78 is 0. The first-order chi connectivity index (χ1) is 11.6. The second-order valence-electron chi connectivity index (χ2n) is 6.59. The van der Waals surface area contributed by atoms with Crippen LogP contribution in [-0.4, -0.2) is 10.8 Å². The lowest BCUT2D eigenvalue weighted by atomic mass is 9.83. The number of hydrogen-bond acceptors (Lipinski definition) is 4. The number of carbonyl (C=O) groups is 1. The Kier molecular flexibility index (Phi) is 4.10. The first-order valence-electron chi connectivity index (χ1n) is 8.25. The molecule has 0 spiro atoms. The minimum atomic E-state index is 0.311. The molecular weight excluding hydrogens is 334 g/mol. The number of benzene rings is 1. The zero-order valence-corrected chi connectivity index (χ0v) is 15.5. The van der Waals surface area contributed by atoms with Crippen molar-refractivity contribution in [3.63, 3.8) is 0 Å². The molecule has 0 aliphatic heterocycles. The molecular formula is C20H19NOS2. The number of fused-ring (bicyclic) bond motifs is 1. The average Bonchev–Trinajstić information content (AvgIpc) is 3.17.